The summed E-state index contributed by atoms with van der Waals surface area (Å²) in [5.41, 5.74) is 0.0974. The number of halogens is 2. The van der Waals surface area contributed by atoms with Gasteiger partial charge >= 0.3 is 11.0 Å². The summed E-state index contributed by atoms with van der Waals surface area (Å²) < 4.78 is 4.80. The van der Waals surface area contributed by atoms with E-state index in [1.807, 2.05) is 0 Å². The Morgan fingerprint density at radius 3 is 2.52 bits per heavy atom. The van der Waals surface area contributed by atoms with Gasteiger partial charge in [0.1, 0.15) is 6.20 Å². The Hall–Kier alpha value is -2.23. The molecule has 120 valence electrons. The maximum absolute atomic E-state index is 11.8. The minimum Gasteiger partial charge on any atom is -0.452 e. The highest BCUT2D eigenvalue weighted by molar-refractivity contribution is 7.18. The molecule has 0 radical (unpaired) electrons. The molecule has 0 aliphatic heterocycles. The average Bonchev–Trinajstić information content (AvgIpc) is 2.92. The van der Waals surface area contributed by atoms with Crippen LogP contribution in [0.4, 0.5) is 10.1 Å². The molecule has 0 aliphatic rings. The van der Waals surface area contributed by atoms with Gasteiger partial charge in [0.15, 0.2) is 11.7 Å². The van der Waals surface area contributed by atoms with Crippen molar-refractivity contribution < 1.29 is 19.2 Å². The normalized spacial score (nSPS) is 10.2. The molecule has 11 heteroatoms. The Morgan fingerprint density at radius 1 is 1.30 bits per heavy atom. The summed E-state index contributed by atoms with van der Waals surface area (Å²) in [6, 6.07) is 4.14. The van der Waals surface area contributed by atoms with E-state index in [1.165, 1.54) is 18.2 Å². The third-order valence-corrected chi connectivity index (χ3v) is 3.65. The van der Waals surface area contributed by atoms with E-state index in [1.54, 1.807) is 0 Å². The van der Waals surface area contributed by atoms with Gasteiger partial charge in [-0.25, -0.2) is 9.78 Å². The Labute approximate surface area is 143 Å². The fourth-order valence-electron chi connectivity index (χ4n) is 1.45. The molecule has 1 amide bonds. The van der Waals surface area contributed by atoms with Crippen LogP contribution in [0.5, 0.6) is 0 Å². The molecule has 1 aromatic heterocycles. The van der Waals surface area contributed by atoms with Crippen molar-refractivity contribution in [3.63, 3.8) is 0 Å². The van der Waals surface area contributed by atoms with Gasteiger partial charge in [0, 0.05) is 10.0 Å². The van der Waals surface area contributed by atoms with E-state index < -0.39 is 23.4 Å². The van der Waals surface area contributed by atoms with Crippen molar-refractivity contribution in [3.05, 3.63) is 50.1 Å². The molecule has 0 saturated heterocycles. The monoisotopic (exact) mass is 375 g/mol. The second kappa shape index (κ2) is 7.36. The predicted octanol–water partition coefficient (Wildman–Crippen LogP) is 3.15. The second-order valence-corrected chi connectivity index (χ2v) is 5.93. The minimum atomic E-state index is -0.783. The van der Waals surface area contributed by atoms with Crippen LogP contribution in [0.25, 0.3) is 0 Å². The van der Waals surface area contributed by atoms with E-state index in [-0.39, 0.29) is 25.7 Å². The van der Waals surface area contributed by atoms with Crippen molar-refractivity contribution in [2.24, 2.45) is 0 Å². The molecule has 0 aliphatic carbocycles. The number of carbonyl (C=O) groups is 2. The quantitative estimate of drug-likeness (QED) is 0.487. The van der Waals surface area contributed by atoms with E-state index in [4.69, 9.17) is 27.9 Å². The lowest BCUT2D eigenvalue weighted by atomic mass is 10.2. The summed E-state index contributed by atoms with van der Waals surface area (Å²) >= 11 is 12.2. The van der Waals surface area contributed by atoms with E-state index in [2.05, 4.69) is 10.3 Å². The lowest BCUT2D eigenvalue weighted by Gasteiger charge is -2.05. The molecule has 0 unspecified atom stereocenters. The SMILES string of the molecule is O=C(COC(=O)c1cc(Cl)cc(Cl)c1)Nc1ncc([N+](=O)[O-])s1. The van der Waals surface area contributed by atoms with E-state index >= 15 is 0 Å². The Balaban J connectivity index is 1.90. The molecule has 1 N–H and O–H groups in total. The van der Waals surface area contributed by atoms with Gasteiger partial charge in [0.2, 0.25) is 0 Å². The van der Waals surface area contributed by atoms with Crippen LogP contribution >= 0.6 is 34.5 Å². The van der Waals surface area contributed by atoms with Gasteiger partial charge in [0.25, 0.3) is 5.91 Å². The topological polar surface area (TPSA) is 111 Å². The molecule has 0 fully saturated rings. The summed E-state index contributed by atoms with van der Waals surface area (Å²) in [6.45, 7) is -0.587. The van der Waals surface area contributed by atoms with Gasteiger partial charge in [-0.05, 0) is 29.5 Å². The van der Waals surface area contributed by atoms with E-state index in [9.17, 15) is 19.7 Å². The number of esters is 1. The molecular weight excluding hydrogens is 369 g/mol. The molecule has 2 aromatic rings. The first-order valence-electron chi connectivity index (χ1n) is 5.88. The van der Waals surface area contributed by atoms with Gasteiger partial charge in [-0.3, -0.25) is 20.2 Å². The first-order valence-corrected chi connectivity index (χ1v) is 7.45. The fourth-order valence-corrected chi connectivity index (χ4v) is 2.62. The van der Waals surface area contributed by atoms with Crippen molar-refractivity contribution in [2.75, 3.05) is 11.9 Å². The third kappa shape index (κ3) is 4.88. The second-order valence-electron chi connectivity index (χ2n) is 4.04. The number of hydrogen-bond acceptors (Lipinski definition) is 7. The summed E-state index contributed by atoms with van der Waals surface area (Å²) in [6.07, 6.45) is 1.01. The highest BCUT2D eigenvalue weighted by atomic mass is 35.5. The first kappa shape index (κ1) is 17.1. The van der Waals surface area contributed by atoms with Crippen LogP contribution in [0.3, 0.4) is 0 Å². The summed E-state index contributed by atoms with van der Waals surface area (Å²) in [5.74, 6) is -1.47. The zero-order valence-corrected chi connectivity index (χ0v) is 13.4. The van der Waals surface area contributed by atoms with Gasteiger partial charge in [-0.1, -0.05) is 23.2 Å². The molecule has 1 heterocycles. The number of rotatable bonds is 5. The number of benzene rings is 1. The number of thiazole rings is 1. The van der Waals surface area contributed by atoms with E-state index in [0.29, 0.717) is 11.3 Å². The first-order chi connectivity index (χ1) is 10.8. The van der Waals surface area contributed by atoms with Gasteiger partial charge in [-0.15, -0.1) is 0 Å². The molecule has 0 saturated carbocycles. The number of nitrogens with one attached hydrogen (secondary N) is 1. The zero-order valence-electron chi connectivity index (χ0n) is 11.1. The standard InChI is InChI=1S/C12H7Cl2N3O5S/c13-7-1-6(2-8(14)3-7)11(19)22-5-9(18)16-12-15-4-10(23-12)17(20)21/h1-4H,5H2,(H,15,16,18). The number of nitro groups is 1. The lowest BCUT2D eigenvalue weighted by Crippen LogP contribution is -2.20. The third-order valence-electron chi connectivity index (χ3n) is 2.35. The highest BCUT2D eigenvalue weighted by Crippen LogP contribution is 2.24. The van der Waals surface area contributed by atoms with Crippen LogP contribution in [0, 0.1) is 10.1 Å². The maximum atomic E-state index is 11.8. The van der Waals surface area contributed by atoms with Crippen LogP contribution in [0.2, 0.25) is 10.0 Å². The molecule has 0 atom stereocenters. The van der Waals surface area contributed by atoms with Crippen molar-refractivity contribution >= 4 is 56.5 Å². The molecule has 1 aromatic carbocycles. The predicted molar refractivity (Wildman–Crippen MR) is 84.1 cm³/mol. The highest BCUT2D eigenvalue weighted by Gasteiger charge is 2.15. The van der Waals surface area contributed by atoms with Crippen molar-refractivity contribution in [3.8, 4) is 0 Å². The van der Waals surface area contributed by atoms with Crippen LogP contribution in [-0.2, 0) is 9.53 Å². The Kier molecular flexibility index (Phi) is 5.48. The number of anilines is 1. The van der Waals surface area contributed by atoms with E-state index in [0.717, 1.165) is 6.20 Å². The van der Waals surface area contributed by atoms with Crippen molar-refractivity contribution in [1.29, 1.82) is 0 Å². The Bertz CT molecular complexity index is 760. The maximum Gasteiger partial charge on any atom is 0.345 e. The molecule has 2 rings (SSSR count). The molecule has 0 bridgehead atoms. The number of nitrogens with zero attached hydrogens (tertiary/aromatic N) is 2. The summed E-state index contributed by atoms with van der Waals surface area (Å²) in [4.78, 5) is 36.9. The smallest absolute Gasteiger partial charge is 0.345 e. The number of carbonyl (C=O) groups excluding carboxylic acids is 2. The lowest BCUT2D eigenvalue weighted by molar-refractivity contribution is -0.380. The fraction of sp³-hybridized carbons (Fsp3) is 0.0833. The van der Waals surface area contributed by atoms with Crippen LogP contribution in [-0.4, -0.2) is 28.4 Å². The Morgan fingerprint density at radius 2 is 1.96 bits per heavy atom. The number of ether oxygens (including phenoxy) is 1. The summed E-state index contributed by atoms with van der Waals surface area (Å²) in [5, 5.41) is 13.1. The van der Waals surface area contributed by atoms with Gasteiger partial charge in [0.05, 0.1) is 10.5 Å². The van der Waals surface area contributed by atoms with Crippen LogP contribution in [0.1, 0.15) is 10.4 Å². The average molecular weight is 376 g/mol. The molecule has 0 spiro atoms. The molecular formula is C12H7Cl2N3O5S. The van der Waals surface area contributed by atoms with Crippen LogP contribution in [0.15, 0.2) is 24.4 Å². The number of amides is 1. The largest absolute Gasteiger partial charge is 0.452 e. The minimum absolute atomic E-state index is 0.0311. The number of aromatic nitrogens is 1. The zero-order chi connectivity index (χ0) is 17.0. The van der Waals surface area contributed by atoms with Crippen LogP contribution < -0.4 is 5.32 Å². The number of hydrogen-bond donors (Lipinski definition) is 1. The van der Waals surface area contributed by atoms with Gasteiger partial charge in [-0.2, -0.15) is 0 Å². The van der Waals surface area contributed by atoms with Crippen molar-refractivity contribution in [1.82, 2.24) is 4.98 Å². The van der Waals surface area contributed by atoms with Crippen molar-refractivity contribution in [2.45, 2.75) is 0 Å². The molecule has 23 heavy (non-hydrogen) atoms. The summed E-state index contributed by atoms with van der Waals surface area (Å²) in [7, 11) is 0. The molecule has 8 nitrogen and oxygen atoms in total. The van der Waals surface area contributed by atoms with Gasteiger partial charge < -0.3 is 4.74 Å².